The first kappa shape index (κ1) is 23.0. The molecule has 0 saturated carbocycles. The molecule has 3 aromatic carbocycles. The number of fused-ring (bicyclic) bond motifs is 1. The minimum absolute atomic E-state index is 0.152. The summed E-state index contributed by atoms with van der Waals surface area (Å²) in [4.78, 5) is 39.8. The van der Waals surface area contributed by atoms with Gasteiger partial charge in [0.15, 0.2) is 19.0 Å². The highest BCUT2D eigenvalue weighted by Crippen LogP contribution is 2.35. The molecule has 1 heterocycles. The molecule has 1 unspecified atom stereocenters. The first-order valence-electron chi connectivity index (χ1n) is 11.0. The lowest BCUT2D eigenvalue weighted by Gasteiger charge is -2.33. The van der Waals surface area contributed by atoms with Crippen molar-refractivity contribution in [1.82, 2.24) is 0 Å². The van der Waals surface area contributed by atoms with Gasteiger partial charge in [-0.05, 0) is 74.4 Å². The van der Waals surface area contributed by atoms with E-state index in [-0.39, 0.29) is 30.8 Å². The van der Waals surface area contributed by atoms with Crippen LogP contribution in [0.15, 0.2) is 66.7 Å². The molecule has 0 bridgehead atoms. The fourth-order valence-corrected chi connectivity index (χ4v) is 3.90. The summed E-state index contributed by atoms with van der Waals surface area (Å²) in [6.45, 7) is 5.24. The molecule has 7 heteroatoms. The van der Waals surface area contributed by atoms with Crippen molar-refractivity contribution in [2.24, 2.45) is 0 Å². The van der Waals surface area contributed by atoms with E-state index in [1.165, 1.54) is 4.90 Å². The number of carbonyl (C=O) groups excluding carboxylic acids is 3. The Hall–Kier alpha value is -4.13. The Morgan fingerprint density at radius 3 is 2.44 bits per heavy atom. The third-order valence-electron chi connectivity index (χ3n) is 5.53. The van der Waals surface area contributed by atoms with Gasteiger partial charge in [0.05, 0.1) is 5.69 Å². The molecule has 1 N–H and O–H groups in total. The molecule has 0 saturated heterocycles. The summed E-state index contributed by atoms with van der Waals surface area (Å²) in [5.74, 6) is 0.101. The van der Waals surface area contributed by atoms with Crippen molar-refractivity contribution in [1.29, 1.82) is 0 Å². The van der Waals surface area contributed by atoms with Crippen molar-refractivity contribution in [2.45, 2.75) is 26.8 Å². The van der Waals surface area contributed by atoms with Gasteiger partial charge in [-0.25, -0.2) is 0 Å². The van der Waals surface area contributed by atoms with E-state index < -0.39 is 6.04 Å². The van der Waals surface area contributed by atoms with Crippen LogP contribution in [0.5, 0.6) is 11.5 Å². The van der Waals surface area contributed by atoms with E-state index in [4.69, 9.17) is 9.47 Å². The van der Waals surface area contributed by atoms with Crippen LogP contribution in [-0.4, -0.2) is 36.9 Å². The number of hydrogen-bond donors (Lipinski definition) is 1. The van der Waals surface area contributed by atoms with Crippen molar-refractivity contribution in [3.05, 3.63) is 83.4 Å². The number of ketones is 1. The zero-order valence-electron chi connectivity index (χ0n) is 19.3. The Bertz CT molecular complexity index is 1220. The molecule has 2 amide bonds. The lowest BCUT2D eigenvalue weighted by Crippen LogP contribution is -2.49. The number of nitrogens with zero attached hydrogens (tertiary/aromatic N) is 1. The van der Waals surface area contributed by atoms with Gasteiger partial charge in [-0.1, -0.05) is 24.3 Å². The second kappa shape index (κ2) is 9.79. The SMILES string of the molecule is Cc1cc(C)cc(OCC(=O)c2ccc3c(c2)N(C(C)C(=O)Nc2ccccc2)C(=O)CO3)c1. The maximum Gasteiger partial charge on any atom is 0.265 e. The van der Waals surface area contributed by atoms with Crippen LogP contribution in [0, 0.1) is 13.8 Å². The van der Waals surface area contributed by atoms with Gasteiger partial charge < -0.3 is 14.8 Å². The highest BCUT2D eigenvalue weighted by atomic mass is 16.5. The van der Waals surface area contributed by atoms with Gasteiger partial charge in [-0.15, -0.1) is 0 Å². The summed E-state index contributed by atoms with van der Waals surface area (Å²) in [6, 6.07) is 18.8. The lowest BCUT2D eigenvalue weighted by atomic mass is 10.1. The second-order valence-corrected chi connectivity index (χ2v) is 8.30. The zero-order chi connectivity index (χ0) is 24.2. The molecule has 1 atom stereocenters. The highest BCUT2D eigenvalue weighted by molar-refractivity contribution is 6.08. The first-order valence-corrected chi connectivity index (χ1v) is 11.0. The van der Waals surface area contributed by atoms with Crippen molar-refractivity contribution in [3.8, 4) is 11.5 Å². The number of rotatable bonds is 7. The summed E-state index contributed by atoms with van der Waals surface area (Å²) in [7, 11) is 0. The average Bonchev–Trinajstić information content (AvgIpc) is 2.81. The van der Waals surface area contributed by atoms with Crippen molar-refractivity contribution in [2.75, 3.05) is 23.4 Å². The van der Waals surface area contributed by atoms with Crippen LogP contribution in [0.25, 0.3) is 0 Å². The fraction of sp³-hybridized carbons (Fsp3) is 0.222. The molecule has 7 nitrogen and oxygen atoms in total. The largest absolute Gasteiger partial charge is 0.485 e. The summed E-state index contributed by atoms with van der Waals surface area (Å²) in [5.41, 5.74) is 3.47. The molecule has 0 fully saturated rings. The van der Waals surface area contributed by atoms with Gasteiger partial charge in [0.2, 0.25) is 5.91 Å². The molecule has 34 heavy (non-hydrogen) atoms. The standard InChI is InChI=1S/C27H26N2O5/c1-17-11-18(2)13-22(12-17)33-15-24(30)20-9-10-25-23(14-20)29(26(31)16-34-25)19(3)27(32)28-21-7-5-4-6-8-21/h4-14,19H,15-16H2,1-3H3,(H,28,32). The number of hydrogen-bond acceptors (Lipinski definition) is 5. The van der Waals surface area contributed by atoms with Crippen LogP contribution >= 0.6 is 0 Å². The molecule has 3 aromatic rings. The van der Waals surface area contributed by atoms with Crippen LogP contribution in [0.2, 0.25) is 0 Å². The molecule has 0 aromatic heterocycles. The van der Waals surface area contributed by atoms with E-state index >= 15 is 0 Å². The Labute approximate surface area is 198 Å². The number of carbonyl (C=O) groups is 3. The maximum atomic E-state index is 12.9. The van der Waals surface area contributed by atoms with Crippen LogP contribution in [-0.2, 0) is 9.59 Å². The summed E-state index contributed by atoms with van der Waals surface area (Å²) in [6.07, 6.45) is 0. The van der Waals surface area contributed by atoms with Gasteiger partial charge in [-0.2, -0.15) is 0 Å². The summed E-state index contributed by atoms with van der Waals surface area (Å²) < 4.78 is 11.2. The lowest BCUT2D eigenvalue weighted by molar-refractivity contribution is -0.125. The quantitative estimate of drug-likeness (QED) is 0.533. The predicted octanol–water partition coefficient (Wildman–Crippen LogP) is 4.32. The van der Waals surface area contributed by atoms with Gasteiger partial charge >= 0.3 is 0 Å². The minimum Gasteiger partial charge on any atom is -0.485 e. The number of nitrogens with one attached hydrogen (secondary N) is 1. The molecular weight excluding hydrogens is 432 g/mol. The fourth-order valence-electron chi connectivity index (χ4n) is 3.90. The topological polar surface area (TPSA) is 84.9 Å². The van der Waals surface area contributed by atoms with Gasteiger partial charge in [0.1, 0.15) is 17.5 Å². The van der Waals surface area contributed by atoms with E-state index in [1.807, 2.05) is 50.2 Å². The van der Waals surface area contributed by atoms with E-state index in [0.717, 1.165) is 11.1 Å². The van der Waals surface area contributed by atoms with Gasteiger partial charge in [0, 0.05) is 11.3 Å². The molecular formula is C27H26N2O5. The number of anilines is 2. The average molecular weight is 459 g/mol. The van der Waals surface area contributed by atoms with E-state index in [2.05, 4.69) is 5.32 Å². The molecule has 0 aliphatic carbocycles. The minimum atomic E-state index is -0.813. The highest BCUT2D eigenvalue weighted by Gasteiger charge is 2.33. The van der Waals surface area contributed by atoms with E-state index in [1.54, 1.807) is 37.3 Å². The Morgan fingerprint density at radius 2 is 1.74 bits per heavy atom. The molecule has 1 aliphatic heterocycles. The van der Waals surface area contributed by atoms with Crippen molar-refractivity contribution < 1.29 is 23.9 Å². The normalized spacial score (nSPS) is 13.5. The smallest absolute Gasteiger partial charge is 0.265 e. The predicted molar refractivity (Wildman–Crippen MR) is 130 cm³/mol. The van der Waals surface area contributed by atoms with E-state index in [0.29, 0.717) is 28.4 Å². The molecule has 4 rings (SSSR count). The van der Waals surface area contributed by atoms with E-state index in [9.17, 15) is 14.4 Å². The molecule has 0 spiro atoms. The number of aryl methyl sites for hydroxylation is 2. The number of amides is 2. The number of ether oxygens (including phenoxy) is 2. The Morgan fingerprint density at radius 1 is 1.03 bits per heavy atom. The molecule has 1 aliphatic rings. The Balaban J connectivity index is 1.53. The second-order valence-electron chi connectivity index (χ2n) is 8.30. The third kappa shape index (κ3) is 5.09. The number of benzene rings is 3. The van der Waals surface area contributed by atoms with Gasteiger partial charge in [-0.3, -0.25) is 19.3 Å². The molecule has 0 radical (unpaired) electrons. The van der Waals surface area contributed by atoms with Crippen LogP contribution in [0.4, 0.5) is 11.4 Å². The third-order valence-corrected chi connectivity index (χ3v) is 5.53. The first-order chi connectivity index (χ1) is 16.3. The van der Waals surface area contributed by atoms with Crippen LogP contribution in [0.3, 0.4) is 0 Å². The van der Waals surface area contributed by atoms with Crippen molar-refractivity contribution >= 4 is 29.0 Å². The summed E-state index contributed by atoms with van der Waals surface area (Å²) in [5, 5.41) is 2.81. The van der Waals surface area contributed by atoms with Crippen LogP contribution in [0.1, 0.15) is 28.4 Å². The monoisotopic (exact) mass is 458 g/mol. The zero-order valence-corrected chi connectivity index (χ0v) is 19.3. The molecule has 174 valence electrons. The number of para-hydroxylation sites is 1. The van der Waals surface area contributed by atoms with Crippen LogP contribution < -0.4 is 19.7 Å². The summed E-state index contributed by atoms with van der Waals surface area (Å²) >= 11 is 0. The van der Waals surface area contributed by atoms with Gasteiger partial charge in [0.25, 0.3) is 5.91 Å². The maximum absolute atomic E-state index is 12.9. The Kier molecular flexibility index (Phi) is 6.63. The number of Topliss-reactive ketones (excluding diaryl/α,β-unsaturated/α-hetero) is 1. The van der Waals surface area contributed by atoms with Crippen molar-refractivity contribution in [3.63, 3.8) is 0 Å².